The van der Waals surface area contributed by atoms with E-state index in [4.69, 9.17) is 0 Å². The number of aryl methyl sites for hydroxylation is 1. The molecule has 1 aromatic heterocycles. The summed E-state index contributed by atoms with van der Waals surface area (Å²) < 4.78 is 0. The Morgan fingerprint density at radius 3 is 2.81 bits per heavy atom. The Morgan fingerprint density at radius 1 is 1.15 bits per heavy atom. The Bertz CT molecular complexity index is 814. The molecular formula is C24H32N2O. The molecule has 1 amide bonds. The number of carbonyl (C=O) groups is 1. The Morgan fingerprint density at radius 2 is 2.00 bits per heavy atom. The van der Waals surface area contributed by atoms with Crippen LogP contribution in [0.5, 0.6) is 0 Å². The van der Waals surface area contributed by atoms with Crippen molar-refractivity contribution >= 4 is 11.5 Å². The van der Waals surface area contributed by atoms with Gasteiger partial charge in [-0.05, 0) is 98.3 Å². The lowest BCUT2D eigenvalue weighted by molar-refractivity contribution is -0.135. The summed E-state index contributed by atoms with van der Waals surface area (Å²) in [5.74, 6) is 2.44. The van der Waals surface area contributed by atoms with Crippen molar-refractivity contribution in [1.29, 1.82) is 0 Å². The van der Waals surface area contributed by atoms with E-state index < -0.39 is 0 Å². The number of amides is 1. The van der Waals surface area contributed by atoms with Gasteiger partial charge in [-0.2, -0.15) is 0 Å². The molecule has 144 valence electrons. The zero-order chi connectivity index (χ0) is 18.8. The fourth-order valence-corrected chi connectivity index (χ4v) is 7.39. The number of rotatable bonds is 1. The summed E-state index contributed by atoms with van der Waals surface area (Å²) in [4.78, 5) is 19.6. The lowest BCUT2D eigenvalue weighted by Gasteiger charge is -2.53. The first-order valence-electron chi connectivity index (χ1n) is 10.9. The molecular weight excluding hydrogens is 332 g/mol. The Hall–Kier alpha value is -1.64. The van der Waals surface area contributed by atoms with Crippen LogP contribution in [0.15, 0.2) is 24.5 Å². The molecule has 2 aliphatic carbocycles. The van der Waals surface area contributed by atoms with Crippen LogP contribution in [-0.4, -0.2) is 27.9 Å². The van der Waals surface area contributed by atoms with Crippen LogP contribution in [0, 0.1) is 30.1 Å². The molecule has 0 spiro atoms. The zero-order valence-corrected chi connectivity index (χ0v) is 17.0. The molecule has 0 aromatic carbocycles. The Kier molecular flexibility index (Phi) is 3.83. The van der Waals surface area contributed by atoms with Crippen LogP contribution in [-0.2, 0) is 4.79 Å². The molecule has 1 aromatic rings. The number of hydrogen-bond donors (Lipinski definition) is 0. The number of allylic oxidation sites excluding steroid dienone is 2. The van der Waals surface area contributed by atoms with Gasteiger partial charge in [-0.25, -0.2) is 0 Å². The summed E-state index contributed by atoms with van der Waals surface area (Å²) in [6, 6.07) is 2.30. The molecule has 4 aliphatic rings. The first kappa shape index (κ1) is 17.5. The topological polar surface area (TPSA) is 33.2 Å². The monoisotopic (exact) mass is 364 g/mol. The van der Waals surface area contributed by atoms with Crippen LogP contribution >= 0.6 is 0 Å². The van der Waals surface area contributed by atoms with Crippen LogP contribution < -0.4 is 0 Å². The maximum absolute atomic E-state index is 12.8. The summed E-state index contributed by atoms with van der Waals surface area (Å²) >= 11 is 0. The summed E-state index contributed by atoms with van der Waals surface area (Å²) in [6.45, 7) is 8.02. The molecule has 27 heavy (non-hydrogen) atoms. The second-order valence-corrected chi connectivity index (χ2v) is 9.98. The molecule has 1 unspecified atom stereocenters. The Balaban J connectivity index is 1.50. The average molecular weight is 365 g/mol. The molecule has 3 heteroatoms. The smallest absolute Gasteiger partial charge is 0.223 e. The fourth-order valence-electron chi connectivity index (χ4n) is 7.39. The van der Waals surface area contributed by atoms with Crippen molar-refractivity contribution in [2.75, 3.05) is 6.54 Å². The number of hydrogen-bond acceptors (Lipinski definition) is 2. The largest absolute Gasteiger partial charge is 0.337 e. The van der Waals surface area contributed by atoms with Crippen LogP contribution in [0.25, 0.3) is 5.57 Å². The predicted octanol–water partition coefficient (Wildman–Crippen LogP) is 5.00. The van der Waals surface area contributed by atoms with E-state index in [2.05, 4.69) is 49.0 Å². The number of pyridine rings is 1. The van der Waals surface area contributed by atoms with Gasteiger partial charge < -0.3 is 4.90 Å². The van der Waals surface area contributed by atoms with E-state index in [1.165, 1.54) is 48.8 Å². The molecule has 2 saturated heterocycles. The van der Waals surface area contributed by atoms with Gasteiger partial charge in [0.15, 0.2) is 0 Å². The highest BCUT2D eigenvalue weighted by Gasteiger charge is 2.58. The van der Waals surface area contributed by atoms with E-state index in [-0.39, 0.29) is 11.0 Å². The highest BCUT2D eigenvalue weighted by Crippen LogP contribution is 2.63. The molecule has 5 rings (SSSR count). The lowest BCUT2D eigenvalue weighted by atomic mass is 9.54. The molecule has 0 N–H and O–H groups in total. The van der Waals surface area contributed by atoms with Crippen LogP contribution in [0.2, 0.25) is 0 Å². The minimum atomic E-state index is 0.104. The standard InChI is InChI=1S/C24H32N2O/c1-16-13-17(15-25-14-16)19-6-7-20-18-5-8-22(27)26-12-4-10-24(26,3)21(18)9-11-23(19,20)2/h6,13-15,18,20-21H,4-5,7-12H2,1-3H3/t18-,20-,21?,23+,24+/m0/s1. The van der Waals surface area contributed by atoms with Gasteiger partial charge in [-0.3, -0.25) is 9.78 Å². The summed E-state index contributed by atoms with van der Waals surface area (Å²) in [6.07, 6.45) is 14.4. The van der Waals surface area contributed by atoms with Gasteiger partial charge in [0.2, 0.25) is 5.91 Å². The second kappa shape index (κ2) is 5.93. The molecule has 0 radical (unpaired) electrons. The van der Waals surface area contributed by atoms with Crippen molar-refractivity contribution in [3.05, 3.63) is 35.7 Å². The summed E-state index contributed by atoms with van der Waals surface area (Å²) in [5, 5.41) is 0. The van der Waals surface area contributed by atoms with Crippen molar-refractivity contribution < 1.29 is 4.79 Å². The van der Waals surface area contributed by atoms with E-state index in [9.17, 15) is 4.79 Å². The number of aromatic nitrogens is 1. The van der Waals surface area contributed by atoms with Crippen LogP contribution in [0.1, 0.15) is 69.9 Å². The average Bonchev–Trinajstić information content (AvgIpc) is 3.17. The molecule has 3 heterocycles. The quantitative estimate of drug-likeness (QED) is 0.702. The van der Waals surface area contributed by atoms with Crippen LogP contribution in [0.4, 0.5) is 0 Å². The van der Waals surface area contributed by atoms with Gasteiger partial charge >= 0.3 is 0 Å². The summed E-state index contributed by atoms with van der Waals surface area (Å²) in [7, 11) is 0. The molecule has 1 saturated carbocycles. The molecule has 2 aliphatic heterocycles. The predicted molar refractivity (Wildman–Crippen MR) is 108 cm³/mol. The van der Waals surface area contributed by atoms with Crippen LogP contribution in [0.3, 0.4) is 0 Å². The first-order chi connectivity index (χ1) is 12.9. The van der Waals surface area contributed by atoms with E-state index in [0.717, 1.165) is 19.4 Å². The first-order valence-corrected chi connectivity index (χ1v) is 10.9. The molecule has 3 fully saturated rings. The number of fused-ring (bicyclic) bond motifs is 5. The van der Waals surface area contributed by atoms with Crippen molar-refractivity contribution in [1.82, 2.24) is 9.88 Å². The molecule has 0 bridgehead atoms. The van der Waals surface area contributed by atoms with Crippen molar-refractivity contribution in [3.63, 3.8) is 0 Å². The third-order valence-electron chi connectivity index (χ3n) is 8.68. The third kappa shape index (κ3) is 2.39. The Labute approximate surface area is 163 Å². The van der Waals surface area contributed by atoms with Gasteiger partial charge in [-0.1, -0.05) is 13.0 Å². The van der Waals surface area contributed by atoms with Gasteiger partial charge in [0.1, 0.15) is 0 Å². The third-order valence-corrected chi connectivity index (χ3v) is 8.68. The minimum absolute atomic E-state index is 0.104. The number of nitrogens with zero attached hydrogens (tertiary/aromatic N) is 2. The van der Waals surface area contributed by atoms with Gasteiger partial charge in [0.05, 0.1) is 0 Å². The van der Waals surface area contributed by atoms with Crippen molar-refractivity contribution in [2.45, 2.75) is 71.3 Å². The highest BCUT2D eigenvalue weighted by atomic mass is 16.2. The SMILES string of the molecule is Cc1cncc(C2=CC[C@H]3[C@@H]4CCC(=O)N5CCC[C@]5(C)C4CC[C@]23C)c1. The normalized spacial score (nSPS) is 40.9. The lowest BCUT2D eigenvalue weighted by Crippen LogP contribution is -2.53. The summed E-state index contributed by atoms with van der Waals surface area (Å²) in [5.41, 5.74) is 4.42. The zero-order valence-electron chi connectivity index (χ0n) is 17.0. The van der Waals surface area contributed by atoms with Gasteiger partial charge in [-0.15, -0.1) is 0 Å². The molecule has 3 nitrogen and oxygen atoms in total. The number of carbonyl (C=O) groups excluding carboxylic acids is 1. The fraction of sp³-hybridized carbons (Fsp3) is 0.667. The van der Waals surface area contributed by atoms with Gasteiger partial charge in [0, 0.05) is 30.9 Å². The van der Waals surface area contributed by atoms with Gasteiger partial charge in [0.25, 0.3) is 0 Å². The maximum atomic E-state index is 12.8. The molecule has 5 atom stereocenters. The second-order valence-electron chi connectivity index (χ2n) is 9.98. The van der Waals surface area contributed by atoms with E-state index in [0.29, 0.717) is 23.7 Å². The van der Waals surface area contributed by atoms with E-state index >= 15 is 0 Å². The van der Waals surface area contributed by atoms with E-state index in [1.54, 1.807) is 0 Å². The van der Waals surface area contributed by atoms with Crippen molar-refractivity contribution in [2.24, 2.45) is 23.2 Å². The highest BCUT2D eigenvalue weighted by molar-refractivity contribution is 5.78. The minimum Gasteiger partial charge on any atom is -0.337 e. The van der Waals surface area contributed by atoms with E-state index in [1.807, 2.05) is 6.20 Å². The maximum Gasteiger partial charge on any atom is 0.223 e. The van der Waals surface area contributed by atoms with Crippen molar-refractivity contribution in [3.8, 4) is 0 Å².